The van der Waals surface area contributed by atoms with Gasteiger partial charge in [-0.1, -0.05) is 6.08 Å². The zero-order valence-corrected chi connectivity index (χ0v) is 10.4. The molecule has 0 atom stereocenters. The fourth-order valence-corrected chi connectivity index (χ4v) is 2.25. The first-order valence-electron chi connectivity index (χ1n) is 5.68. The minimum absolute atomic E-state index is 0.129. The van der Waals surface area contributed by atoms with Crippen LogP contribution in [0, 0.1) is 0 Å². The van der Waals surface area contributed by atoms with Gasteiger partial charge in [-0.05, 0) is 6.08 Å². The number of hydrogen-bond donors (Lipinski definition) is 3. The number of aromatic nitrogens is 1. The van der Waals surface area contributed by atoms with E-state index in [0.717, 1.165) is 6.08 Å². The van der Waals surface area contributed by atoms with Gasteiger partial charge in [0.15, 0.2) is 0 Å². The highest BCUT2D eigenvalue weighted by Gasteiger charge is 2.32. The smallest absolute Gasteiger partial charge is 0.211 e. The quantitative estimate of drug-likeness (QED) is 0.696. The van der Waals surface area contributed by atoms with Gasteiger partial charge in [-0.15, -0.1) is 0 Å². The lowest BCUT2D eigenvalue weighted by molar-refractivity contribution is 0.0977. The summed E-state index contributed by atoms with van der Waals surface area (Å²) in [5, 5.41) is 18.3. The summed E-state index contributed by atoms with van der Waals surface area (Å²) in [6, 6.07) is 0. The second-order valence-electron chi connectivity index (χ2n) is 4.18. The average Bonchev–Trinajstić information content (AvgIpc) is 2.66. The van der Waals surface area contributed by atoms with E-state index < -0.39 is 5.78 Å². The molecule has 19 heavy (non-hydrogen) atoms. The lowest BCUT2D eigenvalue weighted by Crippen LogP contribution is -2.23. The van der Waals surface area contributed by atoms with Gasteiger partial charge in [0.1, 0.15) is 5.69 Å². The van der Waals surface area contributed by atoms with Gasteiger partial charge in [-0.25, -0.2) is 0 Å². The second kappa shape index (κ2) is 4.83. The monoisotopic (exact) mass is 262 g/mol. The molecule has 0 aromatic carbocycles. The van der Waals surface area contributed by atoms with E-state index in [1.807, 2.05) is 0 Å². The summed E-state index contributed by atoms with van der Waals surface area (Å²) in [5.41, 5.74) is 6.58. The van der Waals surface area contributed by atoms with E-state index in [1.54, 1.807) is 13.1 Å². The number of carbonyl (C=O) groups excluding carboxylic acids is 2. The third-order valence-corrected chi connectivity index (χ3v) is 3.09. The third kappa shape index (κ3) is 1.91. The summed E-state index contributed by atoms with van der Waals surface area (Å²) < 4.78 is 1.52. The van der Waals surface area contributed by atoms with Gasteiger partial charge in [-0.2, -0.15) is 0 Å². The number of aliphatic hydroxyl groups is 2. The fourth-order valence-electron chi connectivity index (χ4n) is 2.25. The Morgan fingerprint density at radius 3 is 2.63 bits per heavy atom. The van der Waals surface area contributed by atoms with E-state index in [4.69, 9.17) is 10.8 Å². The molecule has 0 spiro atoms. The van der Waals surface area contributed by atoms with Gasteiger partial charge in [0.25, 0.3) is 0 Å². The third-order valence-electron chi connectivity index (χ3n) is 3.09. The first kappa shape index (κ1) is 13.3. The van der Waals surface area contributed by atoms with Crippen LogP contribution < -0.4 is 5.73 Å². The van der Waals surface area contributed by atoms with Gasteiger partial charge in [-0.3, -0.25) is 9.59 Å². The molecule has 2 rings (SSSR count). The molecule has 1 aromatic heterocycles. The zero-order valence-electron chi connectivity index (χ0n) is 10.4. The topological polar surface area (TPSA) is 106 Å². The molecule has 0 bridgehead atoms. The van der Waals surface area contributed by atoms with Crippen LogP contribution in [0.3, 0.4) is 0 Å². The lowest BCUT2D eigenvalue weighted by Gasteiger charge is -2.10. The van der Waals surface area contributed by atoms with Crippen molar-refractivity contribution >= 4 is 17.6 Å². The van der Waals surface area contributed by atoms with E-state index in [2.05, 4.69) is 0 Å². The molecule has 0 radical (unpaired) electrons. The second-order valence-corrected chi connectivity index (χ2v) is 4.18. The Labute approximate surface area is 109 Å². The summed E-state index contributed by atoms with van der Waals surface area (Å²) in [7, 11) is 1.62. The highest BCUT2D eigenvalue weighted by molar-refractivity contribution is 6.24. The molecule has 6 nitrogen and oxygen atoms in total. The molecule has 100 valence electrons. The molecule has 1 heterocycles. The van der Waals surface area contributed by atoms with Crippen LogP contribution in [0.25, 0.3) is 6.08 Å². The zero-order chi connectivity index (χ0) is 14.2. The van der Waals surface area contributed by atoms with Crippen LogP contribution >= 0.6 is 0 Å². The first-order chi connectivity index (χ1) is 9.02. The van der Waals surface area contributed by atoms with E-state index in [-0.39, 0.29) is 36.0 Å². The van der Waals surface area contributed by atoms with Crippen molar-refractivity contribution in [2.45, 2.75) is 6.61 Å². The van der Waals surface area contributed by atoms with E-state index in [1.165, 1.54) is 10.6 Å². The van der Waals surface area contributed by atoms with Crippen LogP contribution in [-0.4, -0.2) is 33.0 Å². The standard InChI is InChI=1S/C13H14N2O4/c1-15-9(3-2-4-16)7(6-17)11-12(15)10(18)5-8(14)13(11)19/h2-3,5,16-17H,4,6,14H2,1H3/b3-2+. The summed E-state index contributed by atoms with van der Waals surface area (Å²) in [6.07, 6.45) is 4.11. The Balaban J connectivity index is 2.74. The van der Waals surface area contributed by atoms with Crippen molar-refractivity contribution in [2.75, 3.05) is 6.61 Å². The van der Waals surface area contributed by atoms with Crippen molar-refractivity contribution in [1.29, 1.82) is 0 Å². The Kier molecular flexibility index (Phi) is 3.37. The van der Waals surface area contributed by atoms with Crippen LogP contribution in [0.15, 0.2) is 17.8 Å². The molecule has 0 fully saturated rings. The number of Topliss-reactive ketones (excluding diaryl/α,β-unsaturated/α-hetero) is 1. The summed E-state index contributed by atoms with van der Waals surface area (Å²) in [6.45, 7) is -0.566. The molecule has 0 saturated heterocycles. The Morgan fingerprint density at radius 1 is 1.37 bits per heavy atom. The van der Waals surface area contributed by atoms with E-state index >= 15 is 0 Å². The predicted molar refractivity (Wildman–Crippen MR) is 68.4 cm³/mol. The van der Waals surface area contributed by atoms with Crippen molar-refractivity contribution in [2.24, 2.45) is 12.8 Å². The number of aliphatic hydroxyl groups excluding tert-OH is 2. The molecule has 0 aliphatic heterocycles. The van der Waals surface area contributed by atoms with Gasteiger partial charge in [0, 0.05) is 24.4 Å². The van der Waals surface area contributed by atoms with Crippen LogP contribution in [0.4, 0.5) is 0 Å². The van der Waals surface area contributed by atoms with Gasteiger partial charge in [0.05, 0.1) is 24.5 Å². The van der Waals surface area contributed by atoms with Gasteiger partial charge < -0.3 is 20.5 Å². The molecule has 6 heteroatoms. The SMILES string of the molecule is Cn1c(/C=C/CO)c(CO)c2c1C(=O)C=C(N)C2=O. The largest absolute Gasteiger partial charge is 0.395 e. The van der Waals surface area contributed by atoms with Gasteiger partial charge >= 0.3 is 0 Å². The van der Waals surface area contributed by atoms with Crippen LogP contribution in [0.5, 0.6) is 0 Å². The molecule has 0 amide bonds. The van der Waals surface area contributed by atoms with E-state index in [9.17, 15) is 14.7 Å². The number of hydrogen-bond acceptors (Lipinski definition) is 5. The molecular weight excluding hydrogens is 248 g/mol. The van der Waals surface area contributed by atoms with Crippen molar-refractivity contribution in [1.82, 2.24) is 4.57 Å². The minimum Gasteiger partial charge on any atom is -0.395 e. The first-order valence-corrected chi connectivity index (χ1v) is 5.68. The number of fused-ring (bicyclic) bond motifs is 1. The van der Waals surface area contributed by atoms with E-state index in [0.29, 0.717) is 11.3 Å². The molecular formula is C13H14N2O4. The van der Waals surface area contributed by atoms with Crippen LogP contribution in [0.2, 0.25) is 0 Å². The van der Waals surface area contributed by atoms with Gasteiger partial charge in [0.2, 0.25) is 11.6 Å². The van der Waals surface area contributed by atoms with Crippen molar-refractivity contribution in [3.05, 3.63) is 40.4 Å². The number of allylic oxidation sites excluding steroid dienone is 2. The Hall–Kier alpha value is -2.18. The maximum absolute atomic E-state index is 12.0. The molecule has 1 aromatic rings. The molecule has 1 aliphatic rings. The lowest BCUT2D eigenvalue weighted by atomic mass is 9.95. The maximum atomic E-state index is 12.0. The molecule has 4 N–H and O–H groups in total. The number of carbonyl (C=O) groups is 2. The summed E-state index contributed by atoms with van der Waals surface area (Å²) >= 11 is 0. The highest BCUT2D eigenvalue weighted by Crippen LogP contribution is 2.29. The van der Waals surface area contributed by atoms with Crippen molar-refractivity contribution < 1.29 is 19.8 Å². The average molecular weight is 262 g/mol. The molecule has 1 aliphatic carbocycles. The predicted octanol–water partition coefficient (Wildman–Crippen LogP) is -0.255. The Bertz CT molecular complexity index is 623. The maximum Gasteiger partial charge on any atom is 0.211 e. The minimum atomic E-state index is -0.460. The van der Waals surface area contributed by atoms with Crippen molar-refractivity contribution in [3.8, 4) is 0 Å². The number of rotatable bonds is 3. The highest BCUT2D eigenvalue weighted by atomic mass is 16.3. The fraction of sp³-hybridized carbons (Fsp3) is 0.231. The van der Waals surface area contributed by atoms with Crippen LogP contribution in [0.1, 0.15) is 32.1 Å². The molecule has 0 saturated carbocycles. The van der Waals surface area contributed by atoms with Crippen LogP contribution in [-0.2, 0) is 13.7 Å². The summed E-state index contributed by atoms with van der Waals surface area (Å²) in [4.78, 5) is 24.0. The normalized spacial score (nSPS) is 15.0. The van der Waals surface area contributed by atoms with Crippen molar-refractivity contribution in [3.63, 3.8) is 0 Å². The summed E-state index contributed by atoms with van der Waals surface area (Å²) in [5.74, 6) is -0.828. The number of ketones is 2. The molecule has 0 unspecified atom stereocenters. The number of nitrogens with two attached hydrogens (primary N) is 1. The number of nitrogens with zero attached hydrogens (tertiary/aromatic N) is 1. The Morgan fingerprint density at radius 2 is 2.05 bits per heavy atom.